The molecule has 5 aromatic carbocycles. The summed E-state index contributed by atoms with van der Waals surface area (Å²) in [5.74, 6) is 1.20. The first-order chi connectivity index (χ1) is 31.4. The number of rotatable bonds is 15. The van der Waals surface area contributed by atoms with E-state index in [0.29, 0.717) is 5.78 Å². The summed E-state index contributed by atoms with van der Waals surface area (Å²) < 4.78 is 0. The van der Waals surface area contributed by atoms with Crippen molar-refractivity contribution in [3.05, 3.63) is 178 Å². The van der Waals surface area contributed by atoms with Gasteiger partial charge in [-0.25, -0.2) is 0 Å². The Balaban J connectivity index is 0.000000242. The second-order valence-corrected chi connectivity index (χ2v) is 18.3. The van der Waals surface area contributed by atoms with Crippen LogP contribution in [-0.2, 0) is 42.7 Å². The number of ketones is 1. The standard InChI is InChI=1S/C22H29NO.C15H23N.C12H15NO.C10H13.BrH.Mg/c1-2-3-7-19-10-12-21(13-11-19)22(24)14-16-23(17-15-22)18-20-8-5-4-6-9-20;1-2-3-4-13-5-7-14(8-6-13)15-9-11-16-12-10-15;14-12-6-8-13(9-7-12)10-11-4-2-1-3-5-11;1-2-3-7-10-8-5-4-6-9-10;;/h4-6,8-13,24H,2-3,7,14-18H2,1H3;5-8,15-16H,2-4,9-12H2,1H3;1-5H,6-10H2;5-6,8-9H,2-3,7H2,1H3;1H;/q;;;-1;;+2/p-1. The number of nitrogens with one attached hydrogen (secondary N) is 1. The van der Waals surface area contributed by atoms with Gasteiger partial charge in [-0.05, 0) is 104 Å². The van der Waals surface area contributed by atoms with Crippen LogP contribution in [0.15, 0.2) is 133 Å². The van der Waals surface area contributed by atoms with Crippen molar-refractivity contribution in [3.8, 4) is 0 Å². The first-order valence-corrected chi connectivity index (χ1v) is 25.0. The van der Waals surface area contributed by atoms with Crippen molar-refractivity contribution in [2.24, 2.45) is 0 Å². The van der Waals surface area contributed by atoms with Crippen LogP contribution in [0.25, 0.3) is 0 Å². The number of aliphatic hydroxyl groups is 1. The molecule has 0 spiro atoms. The molecule has 352 valence electrons. The van der Waals surface area contributed by atoms with E-state index in [1.165, 1.54) is 105 Å². The Bertz CT molecular complexity index is 1940. The molecule has 0 aliphatic carbocycles. The predicted molar refractivity (Wildman–Crippen MR) is 275 cm³/mol. The number of carbonyl (C=O) groups excluding carboxylic acids is 1. The molecule has 0 radical (unpaired) electrons. The molecule has 5 aromatic rings. The fraction of sp³-hybridized carbons (Fsp3) is 0.475. The summed E-state index contributed by atoms with van der Waals surface area (Å²) in [6, 6.07) is 50.3. The number of nitrogens with zero attached hydrogens (tertiary/aromatic N) is 2. The van der Waals surface area contributed by atoms with E-state index in [2.05, 4.69) is 157 Å². The predicted octanol–water partition coefficient (Wildman–Crippen LogP) is 9.31. The number of likely N-dealkylation sites (tertiary alicyclic amines) is 2. The average Bonchev–Trinajstić information content (AvgIpc) is 3.36. The van der Waals surface area contributed by atoms with E-state index in [4.69, 9.17) is 0 Å². The molecular formula is C59H80BrMgN3O2. The Labute approximate surface area is 427 Å². The smallest absolute Gasteiger partial charge is 1.00 e. The Morgan fingerprint density at radius 1 is 0.576 bits per heavy atom. The van der Waals surface area contributed by atoms with E-state index in [1.54, 1.807) is 5.56 Å². The molecule has 3 heterocycles. The molecule has 66 heavy (non-hydrogen) atoms. The second kappa shape index (κ2) is 33.4. The molecule has 0 bridgehead atoms. The van der Waals surface area contributed by atoms with Gasteiger partial charge >= 0.3 is 23.1 Å². The van der Waals surface area contributed by atoms with Crippen LogP contribution in [0.4, 0.5) is 0 Å². The fourth-order valence-electron chi connectivity index (χ4n) is 8.84. The van der Waals surface area contributed by atoms with Gasteiger partial charge in [0.2, 0.25) is 0 Å². The molecule has 7 heteroatoms. The molecule has 8 rings (SSSR count). The van der Waals surface area contributed by atoms with Crippen molar-refractivity contribution < 1.29 is 26.9 Å². The van der Waals surface area contributed by atoms with Crippen LogP contribution in [0.2, 0.25) is 0 Å². The van der Waals surface area contributed by atoms with E-state index in [-0.39, 0.29) is 40.0 Å². The van der Waals surface area contributed by atoms with Crippen LogP contribution in [0.5, 0.6) is 0 Å². The van der Waals surface area contributed by atoms with Gasteiger partial charge in [0.1, 0.15) is 5.78 Å². The Kier molecular flexibility index (Phi) is 28.9. The number of benzene rings is 5. The molecular weight excluding hydrogens is 887 g/mol. The minimum atomic E-state index is -0.656. The van der Waals surface area contributed by atoms with Gasteiger partial charge in [0.25, 0.3) is 0 Å². The minimum absolute atomic E-state index is 0. The largest absolute Gasteiger partial charge is 2.00 e. The van der Waals surface area contributed by atoms with E-state index in [0.717, 1.165) is 82.9 Å². The molecule has 3 saturated heterocycles. The maximum absolute atomic E-state index is 11.1. The molecule has 5 nitrogen and oxygen atoms in total. The summed E-state index contributed by atoms with van der Waals surface area (Å²) in [7, 11) is 0. The monoisotopic (exact) mass is 966 g/mol. The average molecular weight is 968 g/mol. The molecule has 0 saturated carbocycles. The Hall–Kier alpha value is -3.14. The van der Waals surface area contributed by atoms with Crippen molar-refractivity contribution in [2.45, 2.75) is 142 Å². The number of hydrogen-bond donors (Lipinski definition) is 2. The van der Waals surface area contributed by atoms with Gasteiger partial charge < -0.3 is 27.4 Å². The van der Waals surface area contributed by atoms with Gasteiger partial charge in [0.05, 0.1) is 5.60 Å². The second-order valence-electron chi connectivity index (χ2n) is 18.3. The first kappa shape index (κ1) is 57.2. The SMILES string of the molecule is CCCCc1cc[c-]cc1.CCCCc1ccc(C2(O)CCN(Cc3ccccc3)CC2)cc1.CCCCc1ccc(C2CCNCC2)cc1.O=C1CCN(Cc2ccccc2)CC1.[Br-].[Mg+2]. The van der Waals surface area contributed by atoms with E-state index < -0.39 is 5.60 Å². The maximum Gasteiger partial charge on any atom is 2.00 e. The number of piperidine rings is 3. The minimum Gasteiger partial charge on any atom is -1.00 e. The fourth-order valence-corrected chi connectivity index (χ4v) is 8.84. The summed E-state index contributed by atoms with van der Waals surface area (Å²) in [5, 5.41) is 14.5. The molecule has 3 fully saturated rings. The van der Waals surface area contributed by atoms with Crippen LogP contribution >= 0.6 is 0 Å². The zero-order valence-corrected chi connectivity index (χ0v) is 43.9. The number of halogens is 1. The van der Waals surface area contributed by atoms with E-state index >= 15 is 0 Å². The van der Waals surface area contributed by atoms with Crippen LogP contribution < -0.4 is 22.3 Å². The maximum atomic E-state index is 11.1. The number of unbranched alkanes of at least 4 members (excludes halogenated alkanes) is 3. The van der Waals surface area contributed by atoms with Gasteiger partial charge in [-0.1, -0.05) is 162 Å². The van der Waals surface area contributed by atoms with Crippen molar-refractivity contribution in [3.63, 3.8) is 0 Å². The Morgan fingerprint density at radius 2 is 1.00 bits per heavy atom. The number of Topliss-reactive ketones (excluding diaryl/α,β-unsaturated/α-hetero) is 1. The van der Waals surface area contributed by atoms with Gasteiger partial charge in [0, 0.05) is 52.1 Å². The summed E-state index contributed by atoms with van der Waals surface area (Å²) >= 11 is 0. The zero-order valence-electron chi connectivity index (χ0n) is 40.9. The Morgan fingerprint density at radius 3 is 1.45 bits per heavy atom. The molecule has 0 aromatic heterocycles. The number of aryl methyl sites for hydroxylation is 3. The van der Waals surface area contributed by atoms with Gasteiger partial charge in [-0.2, -0.15) is 35.9 Å². The summed E-state index contributed by atoms with van der Waals surface area (Å²) in [6.45, 7) is 14.8. The molecule has 3 aliphatic rings. The quantitative estimate of drug-likeness (QED) is 0.0810. The molecule has 0 unspecified atom stereocenters. The van der Waals surface area contributed by atoms with Crippen molar-refractivity contribution in [1.82, 2.24) is 15.1 Å². The van der Waals surface area contributed by atoms with Crippen molar-refractivity contribution in [2.75, 3.05) is 39.3 Å². The van der Waals surface area contributed by atoms with Crippen molar-refractivity contribution >= 4 is 28.8 Å². The van der Waals surface area contributed by atoms with E-state index in [1.807, 2.05) is 18.2 Å². The summed E-state index contributed by atoms with van der Waals surface area (Å²) in [4.78, 5) is 15.8. The third kappa shape index (κ3) is 21.4. The van der Waals surface area contributed by atoms with Crippen LogP contribution in [0.1, 0.15) is 143 Å². The molecule has 0 atom stereocenters. The summed E-state index contributed by atoms with van der Waals surface area (Å²) in [6.07, 6.45) is 16.9. The van der Waals surface area contributed by atoms with Gasteiger partial charge in [-0.15, -0.1) is 0 Å². The molecule has 0 amide bonds. The molecule has 3 aliphatic heterocycles. The van der Waals surface area contributed by atoms with Gasteiger partial charge in [0.15, 0.2) is 0 Å². The molecule has 2 N–H and O–H groups in total. The third-order valence-corrected chi connectivity index (χ3v) is 13.1. The normalized spacial score (nSPS) is 16.1. The van der Waals surface area contributed by atoms with Gasteiger partial charge in [-0.3, -0.25) is 14.6 Å². The third-order valence-electron chi connectivity index (χ3n) is 13.1. The zero-order chi connectivity index (χ0) is 45.1. The summed E-state index contributed by atoms with van der Waals surface area (Å²) in [5.41, 5.74) is 8.97. The van der Waals surface area contributed by atoms with Crippen LogP contribution in [0, 0.1) is 6.07 Å². The topological polar surface area (TPSA) is 55.8 Å². The van der Waals surface area contributed by atoms with Crippen molar-refractivity contribution in [1.29, 1.82) is 0 Å². The number of carbonyl (C=O) groups is 1. The first-order valence-electron chi connectivity index (χ1n) is 25.0. The van der Waals surface area contributed by atoms with Crippen LogP contribution in [0.3, 0.4) is 0 Å². The van der Waals surface area contributed by atoms with Crippen LogP contribution in [-0.4, -0.2) is 83.0 Å². The van der Waals surface area contributed by atoms with E-state index in [9.17, 15) is 9.90 Å². The number of hydrogen-bond acceptors (Lipinski definition) is 5.